The fourth-order valence-electron chi connectivity index (χ4n) is 1.88. The van der Waals surface area contributed by atoms with Gasteiger partial charge in [-0.2, -0.15) is 0 Å². The summed E-state index contributed by atoms with van der Waals surface area (Å²) < 4.78 is 0. The van der Waals surface area contributed by atoms with Gasteiger partial charge in [0, 0.05) is 5.02 Å². The number of rotatable bonds is 2. The Morgan fingerprint density at radius 2 is 1.76 bits per heavy atom. The van der Waals surface area contributed by atoms with Crippen LogP contribution in [0.3, 0.4) is 0 Å². The van der Waals surface area contributed by atoms with Crippen LogP contribution < -0.4 is 5.32 Å². The van der Waals surface area contributed by atoms with Gasteiger partial charge >= 0.3 is 0 Å². The number of nitrogens with one attached hydrogen (secondary N) is 1. The Morgan fingerprint density at radius 3 is 2.52 bits per heavy atom. The van der Waals surface area contributed by atoms with Crippen LogP contribution in [0.2, 0.25) is 5.02 Å². The summed E-state index contributed by atoms with van der Waals surface area (Å²) in [5.74, 6) is 0.552. The van der Waals surface area contributed by atoms with E-state index in [-0.39, 0.29) is 5.24 Å². The van der Waals surface area contributed by atoms with Crippen molar-refractivity contribution in [3.63, 3.8) is 0 Å². The molecule has 21 heavy (non-hydrogen) atoms. The second kappa shape index (κ2) is 6.16. The molecule has 2 aromatic carbocycles. The first-order valence-corrected chi connectivity index (χ1v) is 7.51. The Labute approximate surface area is 131 Å². The molecule has 0 spiro atoms. The van der Waals surface area contributed by atoms with Crippen molar-refractivity contribution in [1.29, 1.82) is 0 Å². The van der Waals surface area contributed by atoms with E-state index in [9.17, 15) is 4.79 Å². The SMILES string of the molecule is O=C1NC(=Nc2ccccc2)/C(=C/c2ccccc2Cl)S1. The van der Waals surface area contributed by atoms with Gasteiger partial charge < -0.3 is 5.32 Å². The molecule has 1 N–H and O–H groups in total. The third-order valence-electron chi connectivity index (χ3n) is 2.85. The molecule has 0 aliphatic carbocycles. The number of hydrogen-bond donors (Lipinski definition) is 1. The van der Waals surface area contributed by atoms with Crippen LogP contribution >= 0.6 is 23.4 Å². The molecule has 0 aromatic heterocycles. The first-order chi connectivity index (χ1) is 10.2. The van der Waals surface area contributed by atoms with Crippen LogP contribution in [0, 0.1) is 0 Å². The van der Waals surface area contributed by atoms with Crippen LogP contribution in [0.25, 0.3) is 6.08 Å². The van der Waals surface area contributed by atoms with Crippen molar-refractivity contribution in [2.75, 3.05) is 0 Å². The predicted molar refractivity (Wildman–Crippen MR) is 89.1 cm³/mol. The van der Waals surface area contributed by atoms with Crippen molar-refractivity contribution < 1.29 is 4.79 Å². The standard InChI is InChI=1S/C16H11ClN2OS/c17-13-9-5-4-6-11(13)10-14-15(19-16(20)21-14)18-12-7-2-1-3-8-12/h1-10H,(H,18,19,20)/b14-10-. The smallest absolute Gasteiger partial charge is 0.289 e. The Morgan fingerprint density at radius 1 is 1.05 bits per heavy atom. The Hall–Kier alpha value is -2.04. The summed E-state index contributed by atoms with van der Waals surface area (Å²) in [5.41, 5.74) is 1.65. The molecule has 0 saturated carbocycles. The highest BCUT2D eigenvalue weighted by molar-refractivity contribution is 8.18. The van der Waals surface area contributed by atoms with E-state index in [4.69, 9.17) is 11.6 Å². The van der Waals surface area contributed by atoms with E-state index in [0.29, 0.717) is 10.9 Å². The van der Waals surface area contributed by atoms with Crippen LogP contribution in [0.15, 0.2) is 64.5 Å². The van der Waals surface area contributed by atoms with E-state index in [0.717, 1.165) is 27.9 Å². The van der Waals surface area contributed by atoms with Gasteiger partial charge in [0.25, 0.3) is 5.24 Å². The Kier molecular flexibility index (Phi) is 4.08. The molecule has 0 bridgehead atoms. The highest BCUT2D eigenvalue weighted by Crippen LogP contribution is 2.30. The first-order valence-electron chi connectivity index (χ1n) is 6.31. The number of amides is 1. The fraction of sp³-hybridized carbons (Fsp3) is 0. The largest absolute Gasteiger partial charge is 0.300 e. The number of carbonyl (C=O) groups is 1. The van der Waals surface area contributed by atoms with Crippen molar-refractivity contribution >= 4 is 46.2 Å². The summed E-state index contributed by atoms with van der Waals surface area (Å²) in [6, 6.07) is 17.0. The summed E-state index contributed by atoms with van der Waals surface area (Å²) in [5, 5.41) is 3.26. The molecule has 0 unspecified atom stereocenters. The lowest BCUT2D eigenvalue weighted by Gasteiger charge is -2.01. The van der Waals surface area contributed by atoms with Gasteiger partial charge in [-0.25, -0.2) is 4.99 Å². The van der Waals surface area contributed by atoms with Crippen LogP contribution in [-0.2, 0) is 0 Å². The van der Waals surface area contributed by atoms with Gasteiger partial charge in [-0.05, 0) is 41.6 Å². The van der Waals surface area contributed by atoms with Crippen molar-refractivity contribution in [3.05, 3.63) is 70.1 Å². The lowest BCUT2D eigenvalue weighted by atomic mass is 10.2. The van der Waals surface area contributed by atoms with E-state index in [2.05, 4.69) is 10.3 Å². The number of carbonyl (C=O) groups excluding carboxylic acids is 1. The summed E-state index contributed by atoms with van der Waals surface area (Å²) in [4.78, 5) is 16.9. The third-order valence-corrected chi connectivity index (χ3v) is 4.01. The lowest BCUT2D eigenvalue weighted by molar-refractivity contribution is 0.265. The average Bonchev–Trinajstić information content (AvgIpc) is 2.82. The second-order valence-electron chi connectivity index (χ2n) is 4.34. The van der Waals surface area contributed by atoms with Gasteiger partial charge in [-0.3, -0.25) is 4.79 Å². The van der Waals surface area contributed by atoms with Crippen molar-refractivity contribution in [2.24, 2.45) is 4.99 Å². The molecule has 1 saturated heterocycles. The van der Waals surface area contributed by atoms with Crippen LogP contribution in [0.4, 0.5) is 10.5 Å². The number of aliphatic imine (C=N–C) groups is 1. The minimum atomic E-state index is -0.136. The van der Waals surface area contributed by atoms with Crippen LogP contribution in [0.1, 0.15) is 5.56 Å². The molecule has 0 radical (unpaired) electrons. The molecule has 104 valence electrons. The van der Waals surface area contributed by atoms with Crippen LogP contribution in [-0.4, -0.2) is 11.1 Å². The molecule has 1 amide bonds. The van der Waals surface area contributed by atoms with Crippen LogP contribution in [0.5, 0.6) is 0 Å². The van der Waals surface area contributed by atoms with E-state index in [1.807, 2.05) is 60.7 Å². The van der Waals surface area contributed by atoms with Gasteiger partial charge in [-0.15, -0.1) is 0 Å². The van der Waals surface area contributed by atoms with Gasteiger partial charge in [0.2, 0.25) is 0 Å². The number of halogens is 1. The van der Waals surface area contributed by atoms with Gasteiger partial charge in [0.05, 0.1) is 10.6 Å². The van der Waals surface area contributed by atoms with E-state index in [1.165, 1.54) is 0 Å². The molecule has 1 aliphatic rings. The van der Waals surface area contributed by atoms with Gasteiger partial charge in [0.1, 0.15) is 5.84 Å². The Balaban J connectivity index is 1.99. The summed E-state index contributed by atoms with van der Waals surface area (Å²) in [6.45, 7) is 0. The molecule has 5 heteroatoms. The molecule has 1 aliphatic heterocycles. The molecule has 0 atom stereocenters. The quantitative estimate of drug-likeness (QED) is 0.859. The minimum absolute atomic E-state index is 0.136. The molecule has 3 rings (SSSR count). The summed E-state index contributed by atoms with van der Waals surface area (Å²) >= 11 is 7.27. The number of nitrogens with zero attached hydrogens (tertiary/aromatic N) is 1. The third kappa shape index (κ3) is 3.35. The second-order valence-corrected chi connectivity index (χ2v) is 5.76. The highest BCUT2D eigenvalue weighted by atomic mass is 35.5. The number of thioether (sulfide) groups is 1. The maximum Gasteiger partial charge on any atom is 0.289 e. The summed E-state index contributed by atoms with van der Waals surface area (Å²) in [7, 11) is 0. The van der Waals surface area contributed by atoms with Gasteiger partial charge in [-0.1, -0.05) is 48.0 Å². The first kappa shape index (κ1) is 13.9. The zero-order valence-electron chi connectivity index (χ0n) is 10.9. The van der Waals surface area contributed by atoms with Crippen molar-refractivity contribution in [2.45, 2.75) is 0 Å². The number of amidine groups is 1. The zero-order valence-corrected chi connectivity index (χ0v) is 12.5. The highest BCUT2D eigenvalue weighted by Gasteiger charge is 2.23. The zero-order chi connectivity index (χ0) is 14.7. The number of para-hydroxylation sites is 1. The van der Waals surface area contributed by atoms with E-state index < -0.39 is 0 Å². The number of benzene rings is 2. The lowest BCUT2D eigenvalue weighted by Crippen LogP contribution is -2.18. The maximum absolute atomic E-state index is 11.6. The normalized spacial score (nSPS) is 18.2. The molecule has 1 fully saturated rings. The molecule has 3 nitrogen and oxygen atoms in total. The Bertz CT molecular complexity index is 741. The monoisotopic (exact) mass is 314 g/mol. The minimum Gasteiger partial charge on any atom is -0.300 e. The molecular formula is C16H11ClN2OS. The maximum atomic E-state index is 11.6. The van der Waals surface area contributed by atoms with E-state index in [1.54, 1.807) is 0 Å². The molecule has 1 heterocycles. The molecular weight excluding hydrogens is 304 g/mol. The van der Waals surface area contributed by atoms with Crippen molar-refractivity contribution in [1.82, 2.24) is 5.32 Å². The molecule has 2 aromatic rings. The predicted octanol–water partition coefficient (Wildman–Crippen LogP) is 4.87. The summed E-state index contributed by atoms with van der Waals surface area (Å²) in [6.07, 6.45) is 1.87. The number of hydrogen-bond acceptors (Lipinski definition) is 3. The van der Waals surface area contributed by atoms with Gasteiger partial charge in [0.15, 0.2) is 0 Å². The van der Waals surface area contributed by atoms with E-state index >= 15 is 0 Å². The topological polar surface area (TPSA) is 41.5 Å². The average molecular weight is 315 g/mol. The fourth-order valence-corrected chi connectivity index (χ4v) is 2.79. The van der Waals surface area contributed by atoms with Crippen molar-refractivity contribution in [3.8, 4) is 0 Å².